The summed E-state index contributed by atoms with van der Waals surface area (Å²) >= 11 is 0. The first-order valence-corrected chi connectivity index (χ1v) is 7.93. The van der Waals surface area contributed by atoms with E-state index in [0.29, 0.717) is 11.5 Å². The Labute approximate surface area is 138 Å². The smallest absolute Gasteiger partial charge is 0.270 e. The fourth-order valence-corrected chi connectivity index (χ4v) is 2.71. The third-order valence-corrected chi connectivity index (χ3v) is 3.89. The van der Waals surface area contributed by atoms with Gasteiger partial charge in [0.15, 0.2) is 0 Å². The van der Waals surface area contributed by atoms with E-state index in [0.717, 1.165) is 32.0 Å². The molecule has 1 aromatic heterocycles. The zero-order chi connectivity index (χ0) is 16.9. The number of rotatable bonds is 4. The van der Waals surface area contributed by atoms with Crippen LogP contribution in [-0.4, -0.2) is 29.0 Å². The SMILES string of the molecule is O=C(NCc1cc(F)cc(F)c1)c1ccnc(N2CCCCC2)n1. The predicted molar refractivity (Wildman–Crippen MR) is 85.6 cm³/mol. The fourth-order valence-electron chi connectivity index (χ4n) is 2.71. The van der Waals surface area contributed by atoms with Crippen LogP contribution in [0.3, 0.4) is 0 Å². The van der Waals surface area contributed by atoms with Crippen LogP contribution in [0.1, 0.15) is 35.3 Å². The molecule has 0 unspecified atom stereocenters. The van der Waals surface area contributed by atoms with E-state index in [1.165, 1.54) is 24.6 Å². The minimum absolute atomic E-state index is 0.0244. The third-order valence-electron chi connectivity index (χ3n) is 3.89. The molecule has 0 aliphatic carbocycles. The molecule has 1 aliphatic rings. The Kier molecular flexibility index (Phi) is 4.98. The number of anilines is 1. The van der Waals surface area contributed by atoms with Gasteiger partial charge in [-0.15, -0.1) is 0 Å². The van der Waals surface area contributed by atoms with Crippen LogP contribution in [0.2, 0.25) is 0 Å². The van der Waals surface area contributed by atoms with Crippen molar-refractivity contribution < 1.29 is 13.6 Å². The molecule has 3 rings (SSSR count). The summed E-state index contributed by atoms with van der Waals surface area (Å²) in [5.41, 5.74) is 0.591. The summed E-state index contributed by atoms with van der Waals surface area (Å²) < 4.78 is 26.3. The van der Waals surface area contributed by atoms with E-state index in [1.807, 2.05) is 0 Å². The van der Waals surface area contributed by atoms with E-state index in [2.05, 4.69) is 20.2 Å². The second-order valence-corrected chi connectivity index (χ2v) is 5.75. The normalized spacial score (nSPS) is 14.5. The lowest BCUT2D eigenvalue weighted by Crippen LogP contribution is -2.32. The van der Waals surface area contributed by atoms with Gasteiger partial charge in [-0.05, 0) is 43.0 Å². The zero-order valence-corrected chi connectivity index (χ0v) is 13.1. The summed E-state index contributed by atoms with van der Waals surface area (Å²) in [5, 5.41) is 2.62. The summed E-state index contributed by atoms with van der Waals surface area (Å²) in [6.07, 6.45) is 4.92. The molecule has 1 fully saturated rings. The van der Waals surface area contributed by atoms with Crippen molar-refractivity contribution in [1.29, 1.82) is 0 Å². The van der Waals surface area contributed by atoms with E-state index in [-0.39, 0.29) is 12.2 Å². The standard InChI is InChI=1S/C17H18F2N4O/c18-13-8-12(9-14(19)10-13)11-21-16(24)15-4-5-20-17(22-15)23-6-2-1-3-7-23/h4-5,8-10H,1-3,6-7,11H2,(H,21,24). The molecule has 126 valence electrons. The molecule has 2 heterocycles. The van der Waals surface area contributed by atoms with Crippen LogP contribution in [0.5, 0.6) is 0 Å². The van der Waals surface area contributed by atoms with Gasteiger partial charge < -0.3 is 10.2 Å². The maximum Gasteiger partial charge on any atom is 0.270 e. The summed E-state index contributed by atoms with van der Waals surface area (Å²) in [4.78, 5) is 22.8. The summed E-state index contributed by atoms with van der Waals surface area (Å²) in [6.45, 7) is 1.79. The number of benzene rings is 1. The molecule has 0 saturated carbocycles. The molecular weight excluding hydrogens is 314 g/mol. The fraction of sp³-hybridized carbons (Fsp3) is 0.353. The maximum atomic E-state index is 13.2. The number of nitrogens with one attached hydrogen (secondary N) is 1. The molecule has 0 spiro atoms. The number of carbonyl (C=O) groups is 1. The topological polar surface area (TPSA) is 58.1 Å². The van der Waals surface area contributed by atoms with Crippen molar-refractivity contribution in [1.82, 2.24) is 15.3 Å². The second-order valence-electron chi connectivity index (χ2n) is 5.75. The second kappa shape index (κ2) is 7.33. The molecule has 0 atom stereocenters. The highest BCUT2D eigenvalue weighted by Gasteiger charge is 2.15. The van der Waals surface area contributed by atoms with E-state index in [1.54, 1.807) is 6.20 Å². The maximum absolute atomic E-state index is 13.2. The number of hydrogen-bond acceptors (Lipinski definition) is 4. The number of halogens is 2. The first kappa shape index (κ1) is 16.3. The molecule has 1 saturated heterocycles. The van der Waals surface area contributed by atoms with Gasteiger partial charge in [0.2, 0.25) is 5.95 Å². The Morgan fingerprint density at radius 3 is 2.54 bits per heavy atom. The van der Waals surface area contributed by atoms with Crippen molar-refractivity contribution in [2.75, 3.05) is 18.0 Å². The Hall–Kier alpha value is -2.57. The van der Waals surface area contributed by atoms with Crippen LogP contribution in [-0.2, 0) is 6.54 Å². The number of hydrogen-bond donors (Lipinski definition) is 1. The molecule has 1 aromatic carbocycles. The predicted octanol–water partition coefficient (Wildman–Crippen LogP) is 2.68. The Morgan fingerprint density at radius 2 is 1.83 bits per heavy atom. The van der Waals surface area contributed by atoms with E-state index < -0.39 is 17.5 Å². The van der Waals surface area contributed by atoms with Crippen molar-refractivity contribution in [3.8, 4) is 0 Å². The van der Waals surface area contributed by atoms with Crippen LogP contribution in [0.4, 0.5) is 14.7 Å². The lowest BCUT2D eigenvalue weighted by atomic mass is 10.1. The average molecular weight is 332 g/mol. The van der Waals surface area contributed by atoms with Gasteiger partial charge in [-0.2, -0.15) is 0 Å². The van der Waals surface area contributed by atoms with E-state index in [4.69, 9.17) is 0 Å². The van der Waals surface area contributed by atoms with Gasteiger partial charge in [0.1, 0.15) is 17.3 Å². The Balaban J connectivity index is 1.66. The minimum atomic E-state index is -0.673. The van der Waals surface area contributed by atoms with Crippen LogP contribution in [0.15, 0.2) is 30.5 Å². The van der Waals surface area contributed by atoms with Crippen molar-refractivity contribution in [2.45, 2.75) is 25.8 Å². The first-order valence-electron chi connectivity index (χ1n) is 7.93. The molecular formula is C17H18F2N4O. The summed E-state index contributed by atoms with van der Waals surface area (Å²) in [6, 6.07) is 4.68. The van der Waals surface area contributed by atoms with Gasteiger partial charge in [-0.1, -0.05) is 0 Å². The van der Waals surface area contributed by atoms with Gasteiger partial charge >= 0.3 is 0 Å². The molecule has 5 nitrogen and oxygen atoms in total. The minimum Gasteiger partial charge on any atom is -0.347 e. The van der Waals surface area contributed by atoms with Crippen LogP contribution in [0, 0.1) is 11.6 Å². The van der Waals surface area contributed by atoms with Gasteiger partial charge in [0, 0.05) is 31.9 Å². The van der Waals surface area contributed by atoms with E-state index >= 15 is 0 Å². The molecule has 1 aliphatic heterocycles. The van der Waals surface area contributed by atoms with Crippen molar-refractivity contribution in [2.24, 2.45) is 0 Å². The molecule has 0 radical (unpaired) electrons. The van der Waals surface area contributed by atoms with Crippen molar-refractivity contribution in [3.63, 3.8) is 0 Å². The molecule has 1 amide bonds. The highest BCUT2D eigenvalue weighted by molar-refractivity contribution is 5.92. The Bertz CT molecular complexity index is 712. The highest BCUT2D eigenvalue weighted by atomic mass is 19.1. The molecule has 7 heteroatoms. The zero-order valence-electron chi connectivity index (χ0n) is 13.1. The molecule has 24 heavy (non-hydrogen) atoms. The largest absolute Gasteiger partial charge is 0.347 e. The third kappa shape index (κ3) is 4.04. The van der Waals surface area contributed by atoms with Crippen LogP contribution >= 0.6 is 0 Å². The number of amides is 1. The van der Waals surface area contributed by atoms with Crippen LogP contribution in [0.25, 0.3) is 0 Å². The highest BCUT2D eigenvalue weighted by Crippen LogP contribution is 2.15. The lowest BCUT2D eigenvalue weighted by Gasteiger charge is -2.26. The first-order chi connectivity index (χ1) is 11.6. The average Bonchev–Trinajstić information content (AvgIpc) is 2.60. The van der Waals surface area contributed by atoms with Gasteiger partial charge in [-0.25, -0.2) is 18.7 Å². The molecule has 1 N–H and O–H groups in total. The summed E-state index contributed by atoms with van der Waals surface area (Å²) in [5.74, 6) is -1.21. The van der Waals surface area contributed by atoms with E-state index in [9.17, 15) is 13.6 Å². The van der Waals surface area contributed by atoms with Gasteiger partial charge in [0.25, 0.3) is 5.91 Å². The Morgan fingerprint density at radius 1 is 1.12 bits per heavy atom. The monoisotopic (exact) mass is 332 g/mol. The van der Waals surface area contributed by atoms with Crippen molar-refractivity contribution >= 4 is 11.9 Å². The summed E-state index contributed by atoms with van der Waals surface area (Å²) in [7, 11) is 0. The number of carbonyl (C=O) groups excluding carboxylic acids is 1. The van der Waals surface area contributed by atoms with Crippen molar-refractivity contribution in [3.05, 3.63) is 53.4 Å². The molecule has 0 bridgehead atoms. The lowest BCUT2D eigenvalue weighted by molar-refractivity contribution is 0.0945. The quantitative estimate of drug-likeness (QED) is 0.935. The molecule has 2 aromatic rings. The number of aromatic nitrogens is 2. The van der Waals surface area contributed by atoms with Crippen LogP contribution < -0.4 is 10.2 Å². The number of nitrogens with zero attached hydrogens (tertiary/aromatic N) is 3. The number of piperidine rings is 1. The van der Waals surface area contributed by atoms with Gasteiger partial charge in [-0.3, -0.25) is 4.79 Å². The van der Waals surface area contributed by atoms with Gasteiger partial charge in [0.05, 0.1) is 0 Å².